The van der Waals surface area contributed by atoms with Crippen molar-refractivity contribution in [2.75, 3.05) is 13.7 Å². The molecule has 2 heterocycles. The van der Waals surface area contributed by atoms with Gasteiger partial charge in [0.15, 0.2) is 0 Å². The van der Waals surface area contributed by atoms with E-state index in [9.17, 15) is 9.59 Å². The van der Waals surface area contributed by atoms with Gasteiger partial charge in [0.1, 0.15) is 6.04 Å². The molecule has 2 amide bonds. The molecule has 1 aromatic heterocycles. The van der Waals surface area contributed by atoms with E-state index in [1.165, 1.54) is 7.11 Å². The van der Waals surface area contributed by atoms with Gasteiger partial charge < -0.3 is 19.9 Å². The lowest BCUT2D eigenvalue weighted by Crippen LogP contribution is -2.51. The Hall–Kier alpha value is -2.50. The summed E-state index contributed by atoms with van der Waals surface area (Å²) in [6.07, 6.45) is 1.30. The van der Waals surface area contributed by atoms with E-state index >= 15 is 0 Å². The predicted octanol–water partition coefficient (Wildman–Crippen LogP) is 3.21. The summed E-state index contributed by atoms with van der Waals surface area (Å²) in [4.78, 5) is 30.0. The van der Waals surface area contributed by atoms with Crippen LogP contribution < -0.4 is 5.32 Å². The number of benzene rings is 1. The number of rotatable bonds is 4. The second-order valence-corrected chi connectivity index (χ2v) is 6.86. The molecule has 3 rings (SSSR count). The van der Waals surface area contributed by atoms with Gasteiger partial charge in [-0.3, -0.25) is 4.79 Å². The third-order valence-corrected chi connectivity index (χ3v) is 4.84. The zero-order valence-electron chi connectivity index (χ0n) is 14.9. The number of methoxy groups -OCH3 is 1. The molecule has 6 nitrogen and oxygen atoms in total. The van der Waals surface area contributed by atoms with Crippen LogP contribution in [0.3, 0.4) is 0 Å². The molecule has 0 radical (unpaired) electrons. The van der Waals surface area contributed by atoms with Crippen molar-refractivity contribution >= 4 is 22.9 Å². The molecule has 2 aromatic rings. The van der Waals surface area contributed by atoms with Crippen LogP contribution in [0, 0.1) is 5.92 Å². The van der Waals surface area contributed by atoms with Crippen molar-refractivity contribution in [3.63, 3.8) is 0 Å². The zero-order valence-corrected chi connectivity index (χ0v) is 14.9. The van der Waals surface area contributed by atoms with E-state index in [1.54, 1.807) is 0 Å². The molecule has 6 heteroatoms. The summed E-state index contributed by atoms with van der Waals surface area (Å²) in [5.74, 6) is -0.0721. The Labute approximate surface area is 147 Å². The number of carbonyl (C=O) groups excluding carboxylic acids is 2. The molecule has 1 aliphatic heterocycles. The molecule has 0 spiro atoms. The Kier molecular flexibility index (Phi) is 4.97. The van der Waals surface area contributed by atoms with E-state index in [0.29, 0.717) is 6.54 Å². The predicted molar refractivity (Wildman–Crippen MR) is 96.2 cm³/mol. The highest BCUT2D eigenvalue weighted by Gasteiger charge is 2.36. The summed E-state index contributed by atoms with van der Waals surface area (Å²) in [6.45, 7) is 4.55. The number of hydrogen-bond acceptors (Lipinski definition) is 3. The SMILES string of the molecule is COC(=O)NC(C(=O)N1CCCC1c1cc2ccccc2[nH]1)C(C)C. The molecule has 1 saturated heterocycles. The second kappa shape index (κ2) is 7.17. The van der Waals surface area contributed by atoms with Crippen LogP contribution >= 0.6 is 0 Å². The Morgan fingerprint density at radius 2 is 2.08 bits per heavy atom. The number of nitrogens with zero attached hydrogens (tertiary/aromatic N) is 1. The standard InChI is InChI=1S/C19H25N3O3/c1-12(2)17(21-19(24)25-3)18(23)22-10-6-9-16(22)15-11-13-7-4-5-8-14(13)20-15/h4-5,7-8,11-12,16-17,20H,6,9-10H2,1-3H3,(H,21,24). The number of amides is 2. The number of aromatic amines is 1. The van der Waals surface area contributed by atoms with Crippen LogP contribution in [0.25, 0.3) is 10.9 Å². The fraction of sp³-hybridized carbons (Fsp3) is 0.474. The van der Waals surface area contributed by atoms with Crippen molar-refractivity contribution in [1.82, 2.24) is 15.2 Å². The van der Waals surface area contributed by atoms with Crippen molar-refractivity contribution in [1.29, 1.82) is 0 Å². The van der Waals surface area contributed by atoms with Gasteiger partial charge in [-0.25, -0.2) is 4.79 Å². The number of H-pyrrole nitrogens is 1. The topological polar surface area (TPSA) is 74.4 Å². The van der Waals surface area contributed by atoms with E-state index in [1.807, 2.05) is 36.9 Å². The maximum Gasteiger partial charge on any atom is 0.407 e. The number of aromatic nitrogens is 1. The summed E-state index contributed by atoms with van der Waals surface area (Å²) < 4.78 is 4.67. The first-order valence-electron chi connectivity index (χ1n) is 8.74. The largest absolute Gasteiger partial charge is 0.453 e. The molecule has 1 aromatic carbocycles. The van der Waals surface area contributed by atoms with Gasteiger partial charge in [-0.2, -0.15) is 0 Å². The monoisotopic (exact) mass is 343 g/mol. The number of fused-ring (bicyclic) bond motifs is 1. The van der Waals surface area contributed by atoms with E-state index in [2.05, 4.69) is 27.2 Å². The molecule has 2 N–H and O–H groups in total. The van der Waals surface area contributed by atoms with Crippen LogP contribution in [0.2, 0.25) is 0 Å². The number of alkyl carbamates (subject to hydrolysis) is 1. The average molecular weight is 343 g/mol. The molecule has 2 atom stereocenters. The van der Waals surface area contributed by atoms with E-state index in [0.717, 1.165) is 29.4 Å². The Bertz CT molecular complexity index is 735. The Balaban J connectivity index is 1.84. The summed E-state index contributed by atoms with van der Waals surface area (Å²) in [7, 11) is 1.31. The third-order valence-electron chi connectivity index (χ3n) is 4.84. The first-order chi connectivity index (χ1) is 12.0. The molecule has 134 valence electrons. The number of para-hydroxylation sites is 1. The van der Waals surface area contributed by atoms with Gasteiger partial charge in [-0.05, 0) is 36.3 Å². The number of hydrogen-bond donors (Lipinski definition) is 2. The van der Waals surface area contributed by atoms with Crippen molar-refractivity contribution in [2.24, 2.45) is 5.92 Å². The minimum Gasteiger partial charge on any atom is -0.453 e. The normalized spacial score (nSPS) is 18.6. The molecule has 1 fully saturated rings. The highest BCUT2D eigenvalue weighted by atomic mass is 16.5. The van der Waals surface area contributed by atoms with Crippen LogP contribution in [0.15, 0.2) is 30.3 Å². The van der Waals surface area contributed by atoms with Gasteiger partial charge in [0.05, 0.1) is 13.2 Å². The van der Waals surface area contributed by atoms with Crippen molar-refractivity contribution < 1.29 is 14.3 Å². The minimum atomic E-state index is -0.586. The Morgan fingerprint density at radius 3 is 2.76 bits per heavy atom. The molecular formula is C19H25N3O3. The number of nitrogens with one attached hydrogen (secondary N) is 2. The van der Waals surface area contributed by atoms with Crippen LogP contribution in [0.5, 0.6) is 0 Å². The van der Waals surface area contributed by atoms with Crippen molar-refractivity contribution in [3.8, 4) is 0 Å². The molecular weight excluding hydrogens is 318 g/mol. The molecule has 0 saturated carbocycles. The van der Waals surface area contributed by atoms with Crippen molar-refractivity contribution in [2.45, 2.75) is 38.8 Å². The van der Waals surface area contributed by atoms with Gasteiger partial charge in [-0.1, -0.05) is 32.0 Å². The first kappa shape index (κ1) is 17.3. The molecule has 2 unspecified atom stereocenters. The molecule has 0 bridgehead atoms. The maximum atomic E-state index is 13.1. The Morgan fingerprint density at radius 1 is 1.32 bits per heavy atom. The fourth-order valence-corrected chi connectivity index (χ4v) is 3.51. The fourth-order valence-electron chi connectivity index (χ4n) is 3.51. The van der Waals surface area contributed by atoms with Crippen molar-refractivity contribution in [3.05, 3.63) is 36.0 Å². The summed E-state index contributed by atoms with van der Waals surface area (Å²) in [5.41, 5.74) is 2.12. The number of carbonyl (C=O) groups is 2. The number of likely N-dealkylation sites (tertiary alicyclic amines) is 1. The molecule has 0 aliphatic carbocycles. The van der Waals surface area contributed by atoms with Crippen LogP contribution in [0.4, 0.5) is 4.79 Å². The zero-order chi connectivity index (χ0) is 18.0. The highest BCUT2D eigenvalue weighted by molar-refractivity contribution is 5.87. The second-order valence-electron chi connectivity index (χ2n) is 6.86. The quantitative estimate of drug-likeness (QED) is 0.895. The summed E-state index contributed by atoms with van der Waals surface area (Å²) >= 11 is 0. The van der Waals surface area contributed by atoms with E-state index < -0.39 is 12.1 Å². The van der Waals surface area contributed by atoms with E-state index in [-0.39, 0.29) is 17.9 Å². The van der Waals surface area contributed by atoms with Crippen LogP contribution in [-0.4, -0.2) is 41.6 Å². The lowest BCUT2D eigenvalue weighted by molar-refractivity contribution is -0.135. The van der Waals surface area contributed by atoms with Gasteiger partial charge in [0.25, 0.3) is 0 Å². The van der Waals surface area contributed by atoms with Gasteiger partial charge in [-0.15, -0.1) is 0 Å². The lowest BCUT2D eigenvalue weighted by atomic mass is 10.0. The summed E-state index contributed by atoms with van der Waals surface area (Å²) in [6, 6.07) is 9.64. The summed E-state index contributed by atoms with van der Waals surface area (Å²) in [5, 5.41) is 3.82. The first-order valence-corrected chi connectivity index (χ1v) is 8.74. The lowest BCUT2D eigenvalue weighted by Gasteiger charge is -2.30. The molecule has 25 heavy (non-hydrogen) atoms. The van der Waals surface area contributed by atoms with Crippen LogP contribution in [0.1, 0.15) is 38.4 Å². The maximum absolute atomic E-state index is 13.1. The van der Waals surface area contributed by atoms with Gasteiger partial charge in [0, 0.05) is 17.8 Å². The van der Waals surface area contributed by atoms with Crippen LogP contribution in [-0.2, 0) is 9.53 Å². The third kappa shape index (κ3) is 3.48. The molecule has 1 aliphatic rings. The number of ether oxygens (including phenoxy) is 1. The minimum absolute atomic E-state index is 0.0144. The smallest absolute Gasteiger partial charge is 0.407 e. The highest BCUT2D eigenvalue weighted by Crippen LogP contribution is 2.34. The average Bonchev–Trinajstić information content (AvgIpc) is 3.24. The van der Waals surface area contributed by atoms with E-state index in [4.69, 9.17) is 0 Å². The van der Waals surface area contributed by atoms with Gasteiger partial charge in [0.2, 0.25) is 5.91 Å². The van der Waals surface area contributed by atoms with Gasteiger partial charge >= 0.3 is 6.09 Å².